The van der Waals surface area contributed by atoms with E-state index in [1.165, 1.54) is 0 Å². The van der Waals surface area contributed by atoms with Gasteiger partial charge in [0.25, 0.3) is 5.91 Å². The van der Waals surface area contributed by atoms with Crippen molar-refractivity contribution in [1.29, 1.82) is 0 Å². The molecule has 0 N–H and O–H groups in total. The Morgan fingerprint density at radius 1 is 1.03 bits per heavy atom. The number of rotatable bonds is 4. The van der Waals surface area contributed by atoms with Crippen LogP contribution in [0.4, 0.5) is 0 Å². The number of aromatic nitrogens is 3. The molecule has 1 aliphatic heterocycles. The molecule has 0 saturated carbocycles. The Hall–Kier alpha value is -2.86. The van der Waals surface area contributed by atoms with Crippen molar-refractivity contribution in [3.05, 3.63) is 59.4 Å². The lowest BCUT2D eigenvalue weighted by Gasteiger charge is -2.18. The van der Waals surface area contributed by atoms with Crippen molar-refractivity contribution in [3.63, 3.8) is 0 Å². The molecule has 150 valence electrons. The summed E-state index contributed by atoms with van der Waals surface area (Å²) in [6.07, 6.45) is 4.36. The molecule has 0 spiro atoms. The number of benzene rings is 2. The highest BCUT2D eigenvalue weighted by molar-refractivity contribution is 6.30. The average Bonchev–Trinajstić information content (AvgIpc) is 3.01. The van der Waals surface area contributed by atoms with Crippen molar-refractivity contribution in [2.75, 3.05) is 20.2 Å². The van der Waals surface area contributed by atoms with E-state index in [-0.39, 0.29) is 11.7 Å². The molecule has 0 atom stereocenters. The maximum absolute atomic E-state index is 13.1. The van der Waals surface area contributed by atoms with E-state index < -0.39 is 0 Å². The second kappa shape index (κ2) is 8.66. The zero-order valence-corrected chi connectivity index (χ0v) is 17.1. The number of hydrogen-bond donors (Lipinski definition) is 0. The van der Waals surface area contributed by atoms with E-state index >= 15 is 0 Å². The van der Waals surface area contributed by atoms with Crippen molar-refractivity contribution < 1.29 is 9.53 Å². The topological polar surface area (TPSA) is 60.2 Å². The van der Waals surface area contributed by atoms with E-state index in [0.29, 0.717) is 10.8 Å². The Labute approximate surface area is 175 Å². The highest BCUT2D eigenvalue weighted by Crippen LogP contribution is 2.25. The maximum atomic E-state index is 13.1. The summed E-state index contributed by atoms with van der Waals surface area (Å²) < 4.78 is 6.93. The number of halogens is 1. The Morgan fingerprint density at radius 3 is 2.41 bits per heavy atom. The molecule has 4 rings (SSSR count). The predicted molar refractivity (Wildman–Crippen MR) is 113 cm³/mol. The Kier molecular flexibility index (Phi) is 5.81. The summed E-state index contributed by atoms with van der Waals surface area (Å²) in [7, 11) is 1.63. The van der Waals surface area contributed by atoms with Crippen molar-refractivity contribution in [1.82, 2.24) is 19.7 Å². The molecule has 1 amide bonds. The van der Waals surface area contributed by atoms with Crippen LogP contribution in [0.25, 0.3) is 17.1 Å². The molecular weight excluding hydrogens is 388 g/mol. The van der Waals surface area contributed by atoms with Crippen LogP contribution in [-0.2, 0) is 0 Å². The lowest BCUT2D eigenvalue weighted by Crippen LogP contribution is -2.32. The first kappa shape index (κ1) is 19.5. The van der Waals surface area contributed by atoms with Gasteiger partial charge in [0, 0.05) is 23.7 Å². The van der Waals surface area contributed by atoms with E-state index in [1.54, 1.807) is 17.9 Å². The molecular formula is C22H23ClN4O2. The molecule has 29 heavy (non-hydrogen) atoms. The normalized spacial score (nSPS) is 14.5. The molecule has 0 aliphatic carbocycles. The van der Waals surface area contributed by atoms with Crippen molar-refractivity contribution >= 4 is 17.5 Å². The van der Waals surface area contributed by atoms with E-state index in [2.05, 4.69) is 10.1 Å². The second-order valence-electron chi connectivity index (χ2n) is 7.09. The predicted octanol–water partition coefficient (Wildman–Crippen LogP) is 4.61. The fraction of sp³-hybridized carbons (Fsp3) is 0.318. The van der Waals surface area contributed by atoms with Gasteiger partial charge in [-0.1, -0.05) is 30.5 Å². The van der Waals surface area contributed by atoms with Crippen LogP contribution in [0, 0.1) is 0 Å². The highest BCUT2D eigenvalue weighted by Gasteiger charge is 2.24. The third-order valence-electron chi connectivity index (χ3n) is 5.09. The molecule has 0 radical (unpaired) electrons. The van der Waals surface area contributed by atoms with Crippen LogP contribution in [0.3, 0.4) is 0 Å². The quantitative estimate of drug-likeness (QED) is 0.630. The van der Waals surface area contributed by atoms with Crippen LogP contribution in [-0.4, -0.2) is 45.8 Å². The number of likely N-dealkylation sites (tertiary alicyclic amines) is 1. The molecule has 7 heteroatoms. The molecule has 3 aromatic rings. The van der Waals surface area contributed by atoms with Gasteiger partial charge >= 0.3 is 0 Å². The second-order valence-corrected chi connectivity index (χ2v) is 7.52. The molecule has 1 aliphatic rings. The largest absolute Gasteiger partial charge is 0.497 e. The Bertz CT molecular complexity index is 992. The van der Waals surface area contributed by atoms with Crippen LogP contribution in [0.15, 0.2) is 48.5 Å². The van der Waals surface area contributed by atoms with Crippen LogP contribution in [0.2, 0.25) is 5.02 Å². The van der Waals surface area contributed by atoms with Gasteiger partial charge in [0.1, 0.15) is 5.75 Å². The van der Waals surface area contributed by atoms with Crippen LogP contribution in [0.5, 0.6) is 5.75 Å². The summed E-state index contributed by atoms with van der Waals surface area (Å²) in [6.45, 7) is 1.50. The smallest absolute Gasteiger partial charge is 0.293 e. The first-order valence-corrected chi connectivity index (χ1v) is 10.2. The lowest BCUT2D eigenvalue weighted by atomic mass is 10.2. The minimum atomic E-state index is -0.123. The summed E-state index contributed by atoms with van der Waals surface area (Å²) in [5.74, 6) is 1.43. The first-order valence-electron chi connectivity index (χ1n) is 9.82. The lowest BCUT2D eigenvalue weighted by molar-refractivity contribution is 0.0749. The number of methoxy groups -OCH3 is 1. The summed E-state index contributed by atoms with van der Waals surface area (Å²) in [4.78, 5) is 19.6. The first-order chi connectivity index (χ1) is 14.2. The van der Waals surface area contributed by atoms with Gasteiger partial charge in [-0.2, -0.15) is 0 Å². The molecule has 0 unspecified atom stereocenters. The minimum Gasteiger partial charge on any atom is -0.497 e. The van der Waals surface area contributed by atoms with Crippen molar-refractivity contribution in [2.45, 2.75) is 25.7 Å². The fourth-order valence-electron chi connectivity index (χ4n) is 3.53. The van der Waals surface area contributed by atoms with E-state index in [9.17, 15) is 4.79 Å². The van der Waals surface area contributed by atoms with Crippen molar-refractivity contribution in [3.8, 4) is 22.8 Å². The number of carbonyl (C=O) groups is 1. The molecule has 2 heterocycles. The van der Waals surface area contributed by atoms with Gasteiger partial charge in [-0.15, -0.1) is 5.10 Å². The number of ether oxygens (including phenoxy) is 1. The third kappa shape index (κ3) is 4.27. The van der Waals surface area contributed by atoms with Crippen molar-refractivity contribution in [2.24, 2.45) is 0 Å². The van der Waals surface area contributed by atoms with Gasteiger partial charge in [-0.05, 0) is 55.3 Å². The van der Waals surface area contributed by atoms with E-state index in [4.69, 9.17) is 16.3 Å². The molecule has 6 nitrogen and oxygen atoms in total. The summed E-state index contributed by atoms with van der Waals surface area (Å²) in [6, 6.07) is 14.9. The number of amides is 1. The number of carbonyl (C=O) groups excluding carboxylic acids is 1. The fourth-order valence-corrected chi connectivity index (χ4v) is 3.72. The van der Waals surface area contributed by atoms with Gasteiger partial charge in [-0.3, -0.25) is 4.79 Å². The SMILES string of the molecule is COc1ccc(-c2nc(C(=O)N3CCCCCC3)nn2-c2cccc(Cl)c2)cc1. The zero-order valence-electron chi connectivity index (χ0n) is 16.3. The summed E-state index contributed by atoms with van der Waals surface area (Å²) in [5.41, 5.74) is 1.60. The maximum Gasteiger partial charge on any atom is 0.293 e. The van der Waals surface area contributed by atoms with Gasteiger partial charge in [0.15, 0.2) is 5.82 Å². The Balaban J connectivity index is 1.76. The van der Waals surface area contributed by atoms with E-state index in [0.717, 1.165) is 55.8 Å². The monoisotopic (exact) mass is 410 g/mol. The highest BCUT2D eigenvalue weighted by atomic mass is 35.5. The summed E-state index contributed by atoms with van der Waals surface area (Å²) in [5, 5.41) is 5.17. The minimum absolute atomic E-state index is 0.123. The number of hydrogen-bond acceptors (Lipinski definition) is 4. The average molecular weight is 411 g/mol. The molecule has 1 saturated heterocycles. The molecule has 1 fully saturated rings. The Morgan fingerprint density at radius 2 is 1.76 bits per heavy atom. The van der Waals surface area contributed by atoms with Crippen LogP contribution >= 0.6 is 11.6 Å². The van der Waals surface area contributed by atoms with E-state index in [1.807, 2.05) is 47.4 Å². The zero-order chi connectivity index (χ0) is 20.2. The third-order valence-corrected chi connectivity index (χ3v) is 5.33. The summed E-state index contributed by atoms with van der Waals surface area (Å²) >= 11 is 6.19. The molecule has 2 aromatic carbocycles. The van der Waals surface area contributed by atoms with Crippen LogP contribution in [0.1, 0.15) is 36.3 Å². The number of nitrogens with zero attached hydrogens (tertiary/aromatic N) is 4. The van der Waals surface area contributed by atoms with Crippen LogP contribution < -0.4 is 4.74 Å². The van der Waals surface area contributed by atoms with Gasteiger partial charge in [0.2, 0.25) is 5.82 Å². The van der Waals surface area contributed by atoms with Gasteiger partial charge in [0.05, 0.1) is 12.8 Å². The van der Waals surface area contributed by atoms with Gasteiger partial charge < -0.3 is 9.64 Å². The standard InChI is InChI=1S/C22H23ClN4O2/c1-29-19-11-9-16(10-12-19)21-24-20(22(28)26-13-4-2-3-5-14-26)25-27(21)18-8-6-7-17(23)15-18/h6-12,15H,2-5,13-14H2,1H3. The molecule has 0 bridgehead atoms. The van der Waals surface area contributed by atoms with Gasteiger partial charge in [-0.25, -0.2) is 9.67 Å². The molecule has 1 aromatic heterocycles.